The van der Waals surface area contributed by atoms with Gasteiger partial charge in [-0.05, 0) is 24.1 Å². The highest BCUT2D eigenvalue weighted by Gasteiger charge is 2.09. The van der Waals surface area contributed by atoms with Crippen molar-refractivity contribution in [2.45, 2.75) is 13.0 Å². The lowest BCUT2D eigenvalue weighted by Gasteiger charge is -2.22. The van der Waals surface area contributed by atoms with E-state index >= 15 is 0 Å². The molecule has 0 unspecified atom stereocenters. The fourth-order valence-corrected chi connectivity index (χ4v) is 2.56. The van der Waals surface area contributed by atoms with Crippen molar-refractivity contribution in [2.75, 3.05) is 20.6 Å². The first kappa shape index (κ1) is 19.8. The quantitative estimate of drug-likeness (QED) is 0.435. The van der Waals surface area contributed by atoms with Gasteiger partial charge in [0.25, 0.3) is 0 Å². The molecule has 0 radical (unpaired) electrons. The summed E-state index contributed by atoms with van der Waals surface area (Å²) in [5, 5.41) is 4.13. The van der Waals surface area contributed by atoms with Gasteiger partial charge in [0.1, 0.15) is 0 Å². The molecule has 0 amide bonds. The zero-order chi connectivity index (χ0) is 15.9. The predicted molar refractivity (Wildman–Crippen MR) is 107 cm³/mol. The minimum absolute atomic E-state index is 0. The zero-order valence-electron chi connectivity index (χ0n) is 13.7. The van der Waals surface area contributed by atoms with Crippen molar-refractivity contribution in [3.63, 3.8) is 0 Å². The Balaban J connectivity index is 0.00000264. The van der Waals surface area contributed by atoms with E-state index in [1.807, 2.05) is 43.2 Å². The van der Waals surface area contributed by atoms with Gasteiger partial charge in [0, 0.05) is 52.0 Å². The van der Waals surface area contributed by atoms with Crippen LogP contribution in [0, 0.1) is 0 Å². The number of nitrogens with one attached hydrogen (secondary N) is 1. The topological polar surface area (TPSA) is 45.5 Å². The average Bonchev–Trinajstić information content (AvgIpc) is 2.82. The second kappa shape index (κ2) is 9.77. The molecule has 0 atom stereocenters. The van der Waals surface area contributed by atoms with E-state index < -0.39 is 0 Å². The fraction of sp³-hybridized carbons (Fsp3) is 0.375. The summed E-state index contributed by atoms with van der Waals surface area (Å²) in [6.07, 6.45) is 6.49. The first-order chi connectivity index (χ1) is 10.6. The molecule has 1 N–H and O–H groups in total. The van der Waals surface area contributed by atoms with Gasteiger partial charge in [-0.2, -0.15) is 0 Å². The van der Waals surface area contributed by atoms with Gasteiger partial charge in [0.2, 0.25) is 0 Å². The molecule has 2 heterocycles. The second-order valence-corrected chi connectivity index (χ2v) is 5.64. The largest absolute Gasteiger partial charge is 0.356 e. The van der Waals surface area contributed by atoms with Gasteiger partial charge in [-0.3, -0.25) is 9.98 Å². The van der Waals surface area contributed by atoms with Gasteiger partial charge in [-0.25, -0.2) is 0 Å². The van der Waals surface area contributed by atoms with E-state index in [1.54, 1.807) is 13.2 Å². The molecule has 2 rings (SSSR count). The minimum atomic E-state index is 0. The summed E-state index contributed by atoms with van der Waals surface area (Å²) in [5.41, 5.74) is 2.35. The number of aliphatic imine (C=N–C) groups is 1. The van der Waals surface area contributed by atoms with Crippen LogP contribution in [0.5, 0.6) is 0 Å². The Bertz CT molecular complexity index is 627. The van der Waals surface area contributed by atoms with Crippen LogP contribution < -0.4 is 5.32 Å². The fourth-order valence-electron chi connectivity index (χ4n) is 2.29. The van der Waals surface area contributed by atoms with Crippen molar-refractivity contribution in [2.24, 2.45) is 12.0 Å². The standard InChI is InChI=1S/C16H22ClN5.HI/c1-18-16(20-8-6-13-5-4-7-19-10-13)22(3)12-15-9-14(17)11-21(15)2;/h4-5,7,9-11H,6,8,12H2,1-3H3,(H,18,20);1H. The Labute approximate surface area is 159 Å². The molecule has 0 saturated carbocycles. The smallest absolute Gasteiger partial charge is 0.193 e. The first-order valence-electron chi connectivity index (χ1n) is 7.21. The van der Waals surface area contributed by atoms with E-state index in [4.69, 9.17) is 11.6 Å². The molecule has 5 nitrogen and oxygen atoms in total. The summed E-state index contributed by atoms with van der Waals surface area (Å²) in [4.78, 5) is 10.5. The van der Waals surface area contributed by atoms with Gasteiger partial charge in [-0.15, -0.1) is 24.0 Å². The van der Waals surface area contributed by atoms with Gasteiger partial charge in [-0.1, -0.05) is 17.7 Å². The molecule has 0 spiro atoms. The first-order valence-corrected chi connectivity index (χ1v) is 7.59. The van der Waals surface area contributed by atoms with Crippen LogP contribution in [0.25, 0.3) is 0 Å². The molecule has 23 heavy (non-hydrogen) atoms. The summed E-state index contributed by atoms with van der Waals surface area (Å²) in [6.45, 7) is 1.56. The third-order valence-electron chi connectivity index (χ3n) is 3.47. The lowest BCUT2D eigenvalue weighted by molar-refractivity contribution is 0.462. The molecular weight excluding hydrogens is 425 g/mol. The maximum Gasteiger partial charge on any atom is 0.193 e. The summed E-state index contributed by atoms with van der Waals surface area (Å²) >= 11 is 6.02. The van der Waals surface area contributed by atoms with E-state index in [1.165, 1.54) is 5.56 Å². The van der Waals surface area contributed by atoms with Gasteiger partial charge in [0.15, 0.2) is 5.96 Å². The van der Waals surface area contributed by atoms with Crippen molar-refractivity contribution >= 4 is 41.5 Å². The molecule has 126 valence electrons. The molecular formula is C16H23ClIN5. The Morgan fingerprint density at radius 2 is 2.26 bits per heavy atom. The summed E-state index contributed by atoms with van der Waals surface area (Å²) in [6, 6.07) is 6.00. The zero-order valence-corrected chi connectivity index (χ0v) is 16.7. The van der Waals surface area contributed by atoms with Gasteiger partial charge >= 0.3 is 0 Å². The van der Waals surface area contributed by atoms with Gasteiger partial charge in [0.05, 0.1) is 11.6 Å². The average molecular weight is 448 g/mol. The molecule has 2 aromatic rings. The van der Waals surface area contributed by atoms with Crippen LogP contribution in [0.3, 0.4) is 0 Å². The van der Waals surface area contributed by atoms with Crippen LogP contribution in [0.15, 0.2) is 41.8 Å². The number of aryl methyl sites for hydroxylation is 1. The maximum absolute atomic E-state index is 6.02. The van der Waals surface area contributed by atoms with Crippen molar-refractivity contribution in [1.29, 1.82) is 0 Å². The Kier molecular flexibility index (Phi) is 8.40. The molecule has 0 saturated heterocycles. The lowest BCUT2D eigenvalue weighted by Crippen LogP contribution is -2.39. The monoisotopic (exact) mass is 447 g/mol. The van der Waals surface area contributed by atoms with Gasteiger partial charge < -0.3 is 14.8 Å². The molecule has 7 heteroatoms. The Hall–Kier alpha value is -1.28. The SMILES string of the molecule is CN=C(NCCc1cccnc1)N(C)Cc1cc(Cl)cn1C.I. The molecule has 0 aliphatic rings. The number of halogens is 2. The minimum Gasteiger partial charge on any atom is -0.356 e. The second-order valence-electron chi connectivity index (χ2n) is 5.20. The molecule has 0 aliphatic heterocycles. The molecule has 0 fully saturated rings. The summed E-state index contributed by atoms with van der Waals surface area (Å²) in [7, 11) is 5.80. The van der Waals surface area contributed by atoms with Crippen LogP contribution in [-0.2, 0) is 20.0 Å². The van der Waals surface area contributed by atoms with E-state index in [9.17, 15) is 0 Å². The van der Waals surface area contributed by atoms with Crippen molar-refractivity contribution < 1.29 is 0 Å². The van der Waals surface area contributed by atoms with Crippen molar-refractivity contribution in [3.05, 3.63) is 53.1 Å². The Morgan fingerprint density at radius 1 is 1.48 bits per heavy atom. The highest BCUT2D eigenvalue weighted by molar-refractivity contribution is 14.0. The number of nitrogens with zero attached hydrogens (tertiary/aromatic N) is 4. The van der Waals surface area contributed by atoms with Crippen LogP contribution in [-0.4, -0.2) is 41.1 Å². The number of hydrogen-bond acceptors (Lipinski definition) is 2. The number of guanidine groups is 1. The number of aromatic nitrogens is 2. The highest BCUT2D eigenvalue weighted by atomic mass is 127. The third-order valence-corrected chi connectivity index (χ3v) is 3.67. The predicted octanol–water partition coefficient (Wildman–Crippen LogP) is 2.94. The third kappa shape index (κ3) is 6.02. The lowest BCUT2D eigenvalue weighted by atomic mass is 10.2. The van der Waals surface area contributed by atoms with E-state index in [0.29, 0.717) is 0 Å². The van der Waals surface area contributed by atoms with E-state index in [2.05, 4.69) is 26.3 Å². The Morgan fingerprint density at radius 3 is 2.83 bits per heavy atom. The van der Waals surface area contributed by atoms with E-state index in [-0.39, 0.29) is 24.0 Å². The number of hydrogen-bond donors (Lipinski definition) is 1. The molecule has 0 bridgehead atoms. The van der Waals surface area contributed by atoms with Crippen LogP contribution in [0.1, 0.15) is 11.3 Å². The number of pyridine rings is 1. The summed E-state index contributed by atoms with van der Waals surface area (Å²) in [5.74, 6) is 0.862. The van der Waals surface area contributed by atoms with Crippen LogP contribution in [0.2, 0.25) is 5.02 Å². The molecule has 0 aromatic carbocycles. The molecule has 0 aliphatic carbocycles. The maximum atomic E-state index is 6.02. The van der Waals surface area contributed by atoms with E-state index in [0.717, 1.165) is 36.2 Å². The van der Waals surface area contributed by atoms with Crippen LogP contribution in [0.4, 0.5) is 0 Å². The normalized spacial score (nSPS) is 11.0. The molecule has 2 aromatic heterocycles. The summed E-state index contributed by atoms with van der Waals surface area (Å²) < 4.78 is 2.03. The van der Waals surface area contributed by atoms with Crippen molar-refractivity contribution in [1.82, 2.24) is 19.8 Å². The van der Waals surface area contributed by atoms with Crippen LogP contribution >= 0.6 is 35.6 Å². The van der Waals surface area contributed by atoms with Crippen molar-refractivity contribution in [3.8, 4) is 0 Å². The number of rotatable bonds is 5. The highest BCUT2D eigenvalue weighted by Crippen LogP contribution is 2.14.